The van der Waals surface area contributed by atoms with Crippen LogP contribution in [-0.2, 0) is 9.53 Å². The van der Waals surface area contributed by atoms with E-state index in [0.717, 1.165) is 0 Å². The molecule has 0 amide bonds. The van der Waals surface area contributed by atoms with E-state index in [1.165, 1.54) is 10.7 Å². The predicted molar refractivity (Wildman–Crippen MR) is 68.0 cm³/mol. The van der Waals surface area contributed by atoms with Gasteiger partial charge in [-0.1, -0.05) is 0 Å². The monoisotopic (exact) mass is 259 g/mol. The van der Waals surface area contributed by atoms with Crippen molar-refractivity contribution in [3.8, 4) is 12.3 Å². The summed E-state index contributed by atoms with van der Waals surface area (Å²) in [7, 11) is 0. The first kappa shape index (κ1) is 12.8. The molecule has 2 rings (SSSR count). The van der Waals surface area contributed by atoms with Crippen molar-refractivity contribution in [2.75, 3.05) is 12.3 Å². The Labute approximate surface area is 109 Å². The molecule has 0 aromatic carbocycles. The Morgan fingerprint density at radius 2 is 2.47 bits per heavy atom. The second kappa shape index (κ2) is 5.35. The number of nitrogens with zero attached hydrogens (tertiary/aromatic N) is 4. The van der Waals surface area contributed by atoms with Gasteiger partial charge >= 0.3 is 5.97 Å². The number of ether oxygens (including phenoxy) is 1. The molecule has 2 aromatic heterocycles. The lowest BCUT2D eigenvalue weighted by Gasteiger charge is -2.13. The fourth-order valence-corrected chi connectivity index (χ4v) is 1.76. The van der Waals surface area contributed by atoms with Crippen LogP contribution in [0.3, 0.4) is 0 Å². The van der Waals surface area contributed by atoms with Crippen molar-refractivity contribution in [1.82, 2.24) is 19.6 Å². The molecule has 0 saturated carbocycles. The number of hydrogen-bond acceptors (Lipinski definition) is 6. The van der Waals surface area contributed by atoms with Crippen molar-refractivity contribution in [3.63, 3.8) is 0 Å². The van der Waals surface area contributed by atoms with Crippen molar-refractivity contribution in [3.05, 3.63) is 18.0 Å². The highest BCUT2D eigenvalue weighted by molar-refractivity contribution is 5.78. The van der Waals surface area contributed by atoms with E-state index in [-0.39, 0.29) is 19.0 Å². The molecule has 0 fully saturated rings. The van der Waals surface area contributed by atoms with Crippen LogP contribution < -0.4 is 5.73 Å². The molecule has 7 nitrogen and oxygen atoms in total. The van der Waals surface area contributed by atoms with E-state index in [1.54, 1.807) is 13.0 Å². The smallest absolute Gasteiger partial charge is 0.316 e. The van der Waals surface area contributed by atoms with E-state index in [9.17, 15) is 4.79 Å². The number of fused-ring (bicyclic) bond motifs is 1. The predicted octanol–water partition coefficient (Wildman–Crippen LogP) is 0.376. The van der Waals surface area contributed by atoms with Gasteiger partial charge < -0.3 is 10.5 Å². The number of carbonyl (C=O) groups excluding carboxylic acids is 1. The van der Waals surface area contributed by atoms with Crippen LogP contribution in [0.25, 0.3) is 5.78 Å². The number of nitrogen functional groups attached to an aromatic ring is 1. The molecule has 0 radical (unpaired) electrons. The molecule has 1 atom stereocenters. The van der Waals surface area contributed by atoms with Crippen molar-refractivity contribution < 1.29 is 9.53 Å². The molecule has 98 valence electrons. The molecule has 0 spiro atoms. The highest BCUT2D eigenvalue weighted by Gasteiger charge is 2.24. The number of carbonyl (C=O) groups is 1. The first-order chi connectivity index (χ1) is 9.17. The second-order valence-corrected chi connectivity index (χ2v) is 3.76. The van der Waals surface area contributed by atoms with Crippen molar-refractivity contribution in [1.29, 1.82) is 0 Å². The van der Waals surface area contributed by atoms with Gasteiger partial charge in [-0.3, -0.25) is 4.79 Å². The molecule has 0 bridgehead atoms. The number of rotatable bonds is 4. The SMILES string of the molecule is C#CCC(C(=O)OCC)c1ccnc2nc(N)nn12. The Balaban J connectivity index is 2.50. The van der Waals surface area contributed by atoms with E-state index in [0.29, 0.717) is 11.5 Å². The molecular formula is C12H13N5O2. The van der Waals surface area contributed by atoms with Gasteiger partial charge in [0.05, 0.1) is 12.3 Å². The summed E-state index contributed by atoms with van der Waals surface area (Å²) >= 11 is 0. The van der Waals surface area contributed by atoms with Crippen LogP contribution in [0.5, 0.6) is 0 Å². The number of terminal acetylenes is 1. The number of aromatic nitrogens is 4. The summed E-state index contributed by atoms with van der Waals surface area (Å²) in [6.07, 6.45) is 7.04. The molecule has 2 aromatic rings. The Kier molecular flexibility index (Phi) is 3.61. The maximum atomic E-state index is 12.0. The second-order valence-electron chi connectivity index (χ2n) is 3.76. The van der Waals surface area contributed by atoms with E-state index < -0.39 is 11.9 Å². The lowest BCUT2D eigenvalue weighted by atomic mass is 10.0. The molecule has 0 saturated heterocycles. The van der Waals surface area contributed by atoms with Gasteiger partial charge in [-0.05, 0) is 13.0 Å². The maximum Gasteiger partial charge on any atom is 0.316 e. The summed E-state index contributed by atoms with van der Waals surface area (Å²) < 4.78 is 6.43. The highest BCUT2D eigenvalue weighted by atomic mass is 16.5. The third-order valence-corrected chi connectivity index (χ3v) is 2.54. The molecular weight excluding hydrogens is 246 g/mol. The first-order valence-electron chi connectivity index (χ1n) is 5.74. The molecule has 7 heteroatoms. The highest BCUT2D eigenvalue weighted by Crippen LogP contribution is 2.21. The Morgan fingerprint density at radius 3 is 3.16 bits per heavy atom. The zero-order valence-electron chi connectivity index (χ0n) is 10.4. The topological polar surface area (TPSA) is 95.4 Å². The number of hydrogen-bond donors (Lipinski definition) is 1. The van der Waals surface area contributed by atoms with Gasteiger partial charge in [0.2, 0.25) is 5.95 Å². The molecule has 0 aliphatic heterocycles. The number of esters is 1. The summed E-state index contributed by atoms with van der Waals surface area (Å²) in [5, 5.41) is 4.00. The van der Waals surface area contributed by atoms with Crippen LogP contribution in [0.15, 0.2) is 12.3 Å². The third-order valence-electron chi connectivity index (χ3n) is 2.54. The minimum absolute atomic E-state index is 0.0864. The van der Waals surface area contributed by atoms with Gasteiger partial charge in [0.15, 0.2) is 0 Å². The van der Waals surface area contributed by atoms with Gasteiger partial charge in [-0.15, -0.1) is 17.4 Å². The quantitative estimate of drug-likeness (QED) is 0.629. The van der Waals surface area contributed by atoms with E-state index in [2.05, 4.69) is 21.0 Å². The summed E-state index contributed by atoms with van der Waals surface area (Å²) in [5.74, 6) is 1.85. The van der Waals surface area contributed by atoms with Crippen molar-refractivity contribution >= 4 is 17.7 Å². The van der Waals surface area contributed by atoms with E-state index in [4.69, 9.17) is 16.9 Å². The van der Waals surface area contributed by atoms with Gasteiger partial charge in [-0.2, -0.15) is 9.50 Å². The van der Waals surface area contributed by atoms with Crippen LogP contribution in [-0.4, -0.2) is 32.2 Å². The summed E-state index contributed by atoms with van der Waals surface area (Å²) in [4.78, 5) is 19.9. The molecule has 19 heavy (non-hydrogen) atoms. The minimum Gasteiger partial charge on any atom is -0.465 e. The largest absolute Gasteiger partial charge is 0.465 e. The van der Waals surface area contributed by atoms with Gasteiger partial charge in [-0.25, -0.2) is 4.98 Å². The average molecular weight is 259 g/mol. The zero-order valence-corrected chi connectivity index (χ0v) is 10.4. The number of anilines is 1. The first-order valence-corrected chi connectivity index (χ1v) is 5.74. The van der Waals surface area contributed by atoms with Crippen LogP contribution in [0.4, 0.5) is 5.95 Å². The van der Waals surface area contributed by atoms with Gasteiger partial charge in [0, 0.05) is 12.6 Å². The van der Waals surface area contributed by atoms with Crippen LogP contribution in [0.1, 0.15) is 25.0 Å². The fourth-order valence-electron chi connectivity index (χ4n) is 1.76. The van der Waals surface area contributed by atoms with Gasteiger partial charge in [0.1, 0.15) is 5.92 Å². The van der Waals surface area contributed by atoms with Crippen LogP contribution >= 0.6 is 0 Å². The van der Waals surface area contributed by atoms with E-state index in [1.807, 2.05) is 0 Å². The standard InChI is InChI=1S/C12H13N5O2/c1-3-5-8(10(18)19-4-2)9-6-7-14-12-15-11(13)16-17(9)12/h1,6-8H,4-5H2,2H3,(H2,13,16). The summed E-state index contributed by atoms with van der Waals surface area (Å²) in [5.41, 5.74) is 6.09. The summed E-state index contributed by atoms with van der Waals surface area (Å²) in [6, 6.07) is 1.65. The van der Waals surface area contributed by atoms with Crippen molar-refractivity contribution in [2.24, 2.45) is 0 Å². The molecule has 0 aliphatic rings. The zero-order chi connectivity index (χ0) is 13.8. The summed E-state index contributed by atoms with van der Waals surface area (Å²) in [6.45, 7) is 2.02. The number of nitrogens with two attached hydrogens (primary N) is 1. The van der Waals surface area contributed by atoms with E-state index >= 15 is 0 Å². The Hall–Kier alpha value is -2.62. The lowest BCUT2D eigenvalue weighted by Crippen LogP contribution is -2.19. The molecule has 0 aliphatic carbocycles. The maximum absolute atomic E-state index is 12.0. The Morgan fingerprint density at radius 1 is 1.68 bits per heavy atom. The fraction of sp³-hybridized carbons (Fsp3) is 0.333. The minimum atomic E-state index is -0.614. The van der Waals surface area contributed by atoms with Gasteiger partial charge in [0.25, 0.3) is 5.78 Å². The molecule has 2 N–H and O–H groups in total. The average Bonchev–Trinajstić information content (AvgIpc) is 2.76. The Bertz CT molecular complexity index is 643. The normalized spacial score (nSPS) is 12.0. The van der Waals surface area contributed by atoms with Crippen molar-refractivity contribution in [2.45, 2.75) is 19.3 Å². The molecule has 2 heterocycles. The van der Waals surface area contributed by atoms with Crippen LogP contribution in [0, 0.1) is 12.3 Å². The third kappa shape index (κ3) is 2.47. The van der Waals surface area contributed by atoms with Crippen LogP contribution in [0.2, 0.25) is 0 Å². The molecule has 1 unspecified atom stereocenters. The lowest BCUT2D eigenvalue weighted by molar-refractivity contribution is -0.145.